The second-order valence-electron chi connectivity index (χ2n) is 9.86. The summed E-state index contributed by atoms with van der Waals surface area (Å²) in [5, 5.41) is 0. The van der Waals surface area contributed by atoms with Crippen molar-refractivity contribution in [3.05, 3.63) is 89.9 Å². The molecular formula is C29H30N6O2. The van der Waals surface area contributed by atoms with Crippen LogP contribution in [0.5, 0.6) is 0 Å². The van der Waals surface area contributed by atoms with Crippen LogP contribution in [0.3, 0.4) is 0 Å². The Kier molecular flexibility index (Phi) is 6.08. The Hall–Kier alpha value is -4.20. The zero-order valence-electron chi connectivity index (χ0n) is 21.0. The summed E-state index contributed by atoms with van der Waals surface area (Å²) < 4.78 is 1.82. The first kappa shape index (κ1) is 23.2. The van der Waals surface area contributed by atoms with Gasteiger partial charge in [0.15, 0.2) is 5.65 Å². The molecule has 2 aromatic heterocycles. The van der Waals surface area contributed by atoms with E-state index in [1.165, 1.54) is 16.8 Å². The molecule has 4 aromatic rings. The Labute approximate surface area is 216 Å². The third-order valence-corrected chi connectivity index (χ3v) is 7.52. The highest BCUT2D eigenvalue weighted by atomic mass is 16.2. The number of amides is 2. The standard InChI is InChI=1S/C29H30N6O2/c1-21-17-32(15-16-35(21)27(36)19-34-20-31-25-10-6-13-30-28(25)34)26-11-5-9-22-12-14-33(18-24(22)26)29(37)23-7-3-2-4-8-23/h2-11,13,20-21H,12,14-19H2,1H3. The average molecular weight is 495 g/mol. The summed E-state index contributed by atoms with van der Waals surface area (Å²) in [4.78, 5) is 41.4. The second-order valence-corrected chi connectivity index (χ2v) is 9.86. The van der Waals surface area contributed by atoms with Crippen LogP contribution in [0.1, 0.15) is 28.4 Å². The topological polar surface area (TPSA) is 74.6 Å². The monoisotopic (exact) mass is 494 g/mol. The number of imidazole rings is 1. The number of fused-ring (bicyclic) bond motifs is 2. The lowest BCUT2D eigenvalue weighted by Crippen LogP contribution is -2.55. The maximum Gasteiger partial charge on any atom is 0.254 e. The minimum atomic E-state index is 0.0606. The molecule has 0 radical (unpaired) electrons. The van der Waals surface area contributed by atoms with Gasteiger partial charge in [0.2, 0.25) is 5.91 Å². The van der Waals surface area contributed by atoms with Crippen molar-refractivity contribution in [3.8, 4) is 0 Å². The Balaban J connectivity index is 1.16. The van der Waals surface area contributed by atoms with Gasteiger partial charge in [0.1, 0.15) is 12.1 Å². The van der Waals surface area contributed by atoms with Crippen LogP contribution in [-0.4, -0.2) is 68.4 Å². The fourth-order valence-corrected chi connectivity index (χ4v) is 5.59. The number of carbonyl (C=O) groups is 2. The summed E-state index contributed by atoms with van der Waals surface area (Å²) in [5.74, 6) is 0.151. The molecule has 0 aliphatic carbocycles. The predicted octanol–water partition coefficient (Wildman–Crippen LogP) is 3.37. The third-order valence-electron chi connectivity index (χ3n) is 7.52. The van der Waals surface area contributed by atoms with E-state index in [1.807, 2.05) is 56.8 Å². The smallest absolute Gasteiger partial charge is 0.254 e. The number of anilines is 1. The SMILES string of the molecule is CC1CN(c2cccc3c2CN(C(=O)c2ccccc2)CC3)CCN1C(=O)Cn1cnc2cccnc21. The zero-order chi connectivity index (χ0) is 25.4. The van der Waals surface area contributed by atoms with Gasteiger partial charge in [0.25, 0.3) is 5.91 Å². The van der Waals surface area contributed by atoms with Crippen LogP contribution in [0, 0.1) is 0 Å². The van der Waals surface area contributed by atoms with Crippen LogP contribution in [-0.2, 0) is 24.3 Å². The van der Waals surface area contributed by atoms with Gasteiger partial charge in [0, 0.05) is 56.2 Å². The number of hydrogen-bond donors (Lipinski definition) is 0. The molecule has 0 N–H and O–H groups in total. The fraction of sp³-hybridized carbons (Fsp3) is 0.310. The number of piperazine rings is 1. The highest BCUT2D eigenvalue weighted by Gasteiger charge is 2.31. The maximum atomic E-state index is 13.2. The number of hydrogen-bond acceptors (Lipinski definition) is 5. The van der Waals surface area contributed by atoms with Crippen molar-refractivity contribution in [1.29, 1.82) is 0 Å². The van der Waals surface area contributed by atoms with Gasteiger partial charge in [-0.2, -0.15) is 0 Å². The van der Waals surface area contributed by atoms with Gasteiger partial charge in [-0.05, 0) is 54.8 Å². The van der Waals surface area contributed by atoms with Gasteiger partial charge >= 0.3 is 0 Å². The molecule has 2 aliphatic heterocycles. The van der Waals surface area contributed by atoms with Crippen molar-refractivity contribution < 1.29 is 9.59 Å². The van der Waals surface area contributed by atoms with Crippen LogP contribution >= 0.6 is 0 Å². The van der Waals surface area contributed by atoms with Crippen LogP contribution in [0.2, 0.25) is 0 Å². The summed E-state index contributed by atoms with van der Waals surface area (Å²) in [5.41, 5.74) is 5.95. The van der Waals surface area contributed by atoms with E-state index in [0.717, 1.165) is 42.8 Å². The lowest BCUT2D eigenvalue weighted by molar-refractivity contribution is -0.134. The molecule has 2 aromatic carbocycles. The van der Waals surface area contributed by atoms with E-state index in [4.69, 9.17) is 0 Å². The summed E-state index contributed by atoms with van der Waals surface area (Å²) >= 11 is 0. The number of benzene rings is 2. The van der Waals surface area contributed by atoms with Crippen LogP contribution < -0.4 is 4.90 Å². The normalized spacial score (nSPS) is 17.6. The van der Waals surface area contributed by atoms with E-state index in [2.05, 4.69) is 40.0 Å². The quantitative estimate of drug-likeness (QED) is 0.435. The number of aromatic nitrogens is 3. The summed E-state index contributed by atoms with van der Waals surface area (Å²) in [6.07, 6.45) is 4.26. The highest BCUT2D eigenvalue weighted by Crippen LogP contribution is 2.31. The summed E-state index contributed by atoms with van der Waals surface area (Å²) in [6, 6.07) is 19.8. The molecule has 8 heteroatoms. The maximum absolute atomic E-state index is 13.2. The van der Waals surface area contributed by atoms with E-state index < -0.39 is 0 Å². The Morgan fingerprint density at radius 2 is 1.81 bits per heavy atom. The lowest BCUT2D eigenvalue weighted by atomic mass is 9.96. The van der Waals surface area contributed by atoms with Crippen molar-refractivity contribution in [1.82, 2.24) is 24.3 Å². The molecule has 1 atom stereocenters. The van der Waals surface area contributed by atoms with E-state index in [-0.39, 0.29) is 24.4 Å². The minimum absolute atomic E-state index is 0.0606. The van der Waals surface area contributed by atoms with Crippen molar-refractivity contribution in [3.63, 3.8) is 0 Å². The van der Waals surface area contributed by atoms with Crippen molar-refractivity contribution in [2.75, 3.05) is 31.1 Å². The number of rotatable bonds is 4. The van der Waals surface area contributed by atoms with E-state index in [1.54, 1.807) is 12.5 Å². The lowest BCUT2D eigenvalue weighted by Gasteiger charge is -2.42. The van der Waals surface area contributed by atoms with E-state index in [9.17, 15) is 9.59 Å². The highest BCUT2D eigenvalue weighted by molar-refractivity contribution is 5.94. The Bertz CT molecular complexity index is 1450. The third kappa shape index (κ3) is 4.43. The average Bonchev–Trinajstić information content (AvgIpc) is 3.35. The first-order valence-corrected chi connectivity index (χ1v) is 12.8. The molecule has 4 heterocycles. The molecule has 8 nitrogen and oxygen atoms in total. The van der Waals surface area contributed by atoms with Gasteiger partial charge in [-0.3, -0.25) is 9.59 Å². The van der Waals surface area contributed by atoms with Crippen LogP contribution in [0.15, 0.2) is 73.2 Å². The number of pyridine rings is 1. The first-order chi connectivity index (χ1) is 18.1. The first-order valence-electron chi connectivity index (χ1n) is 12.8. The van der Waals surface area contributed by atoms with Crippen molar-refractivity contribution >= 4 is 28.7 Å². The molecule has 0 bridgehead atoms. The molecule has 0 spiro atoms. The molecule has 188 valence electrons. The van der Waals surface area contributed by atoms with Crippen molar-refractivity contribution in [2.45, 2.75) is 32.5 Å². The Morgan fingerprint density at radius 3 is 2.65 bits per heavy atom. The molecule has 0 saturated carbocycles. The minimum Gasteiger partial charge on any atom is -0.367 e. The number of nitrogens with zero attached hydrogens (tertiary/aromatic N) is 6. The molecule has 1 unspecified atom stereocenters. The molecular weight excluding hydrogens is 464 g/mol. The predicted molar refractivity (Wildman–Crippen MR) is 142 cm³/mol. The van der Waals surface area contributed by atoms with Gasteiger partial charge in [-0.25, -0.2) is 9.97 Å². The largest absolute Gasteiger partial charge is 0.367 e. The van der Waals surface area contributed by atoms with Gasteiger partial charge in [-0.1, -0.05) is 30.3 Å². The molecule has 2 aliphatic rings. The van der Waals surface area contributed by atoms with Gasteiger partial charge in [-0.15, -0.1) is 0 Å². The molecule has 6 rings (SSSR count). The molecule has 2 amide bonds. The van der Waals surface area contributed by atoms with Crippen molar-refractivity contribution in [2.24, 2.45) is 0 Å². The van der Waals surface area contributed by atoms with E-state index >= 15 is 0 Å². The zero-order valence-corrected chi connectivity index (χ0v) is 21.0. The second kappa shape index (κ2) is 9.69. The summed E-state index contributed by atoms with van der Waals surface area (Å²) in [6.45, 7) is 5.81. The van der Waals surface area contributed by atoms with Crippen LogP contribution in [0.25, 0.3) is 11.2 Å². The molecule has 1 fully saturated rings. The van der Waals surface area contributed by atoms with Gasteiger partial charge < -0.3 is 19.3 Å². The van der Waals surface area contributed by atoms with Crippen LogP contribution in [0.4, 0.5) is 5.69 Å². The summed E-state index contributed by atoms with van der Waals surface area (Å²) in [7, 11) is 0. The number of carbonyl (C=O) groups excluding carboxylic acids is 2. The fourth-order valence-electron chi connectivity index (χ4n) is 5.59. The van der Waals surface area contributed by atoms with Gasteiger partial charge in [0.05, 0.1) is 6.33 Å². The Morgan fingerprint density at radius 1 is 0.946 bits per heavy atom. The molecule has 37 heavy (non-hydrogen) atoms. The molecule has 1 saturated heterocycles. The van der Waals surface area contributed by atoms with E-state index in [0.29, 0.717) is 13.1 Å².